The highest BCUT2D eigenvalue weighted by atomic mass is 35.5. The zero-order chi connectivity index (χ0) is 28.6. The highest BCUT2D eigenvalue weighted by Crippen LogP contribution is 2.35. The fourth-order valence-electron chi connectivity index (χ4n) is 3.42. The van der Waals surface area contributed by atoms with Crippen LogP contribution in [0.1, 0.15) is 52.4 Å². The first-order valence-corrected chi connectivity index (χ1v) is 13.8. The third-order valence-corrected chi connectivity index (χ3v) is 6.99. The van der Waals surface area contributed by atoms with Gasteiger partial charge in [0.15, 0.2) is 0 Å². The first-order valence-electron chi connectivity index (χ1n) is 12.6. The van der Waals surface area contributed by atoms with E-state index < -0.39 is 17.9 Å². The molecule has 2 amide bonds. The Kier molecular flexibility index (Phi) is 9.73. The molecule has 0 aliphatic heterocycles. The fraction of sp³-hybridized carbons (Fsp3) is 0.321. The third-order valence-electron chi connectivity index (χ3n) is 5.85. The van der Waals surface area contributed by atoms with E-state index in [-0.39, 0.29) is 23.2 Å². The number of ether oxygens (including phenoxy) is 3. The van der Waals surface area contributed by atoms with E-state index in [0.717, 1.165) is 4.88 Å². The van der Waals surface area contributed by atoms with E-state index in [9.17, 15) is 14.4 Å². The Morgan fingerprint density at radius 1 is 1.12 bits per heavy atom. The van der Waals surface area contributed by atoms with Crippen molar-refractivity contribution in [2.75, 3.05) is 13.7 Å². The third kappa shape index (κ3) is 8.27. The summed E-state index contributed by atoms with van der Waals surface area (Å²) in [5, 5.41) is 6.19. The number of carbonyl (C=O) groups is 3. The van der Waals surface area contributed by atoms with Crippen LogP contribution in [-0.4, -0.2) is 53.6 Å². The Hall–Kier alpha value is -3.96. The van der Waals surface area contributed by atoms with Crippen LogP contribution >= 0.6 is 22.9 Å². The maximum Gasteiger partial charge on any atom is 0.328 e. The van der Waals surface area contributed by atoms with Gasteiger partial charge in [0.05, 0.1) is 23.6 Å². The number of amides is 2. The zero-order valence-corrected chi connectivity index (χ0v) is 23.8. The predicted molar refractivity (Wildman–Crippen MR) is 151 cm³/mol. The van der Waals surface area contributed by atoms with Crippen molar-refractivity contribution in [3.63, 3.8) is 0 Å². The monoisotopic (exact) mass is 584 g/mol. The number of hydrogen-bond acceptors (Lipinski definition) is 9. The quantitative estimate of drug-likeness (QED) is 0.288. The molecule has 0 bridgehead atoms. The van der Waals surface area contributed by atoms with E-state index in [1.165, 1.54) is 56.5 Å². The lowest BCUT2D eigenvalue weighted by Crippen LogP contribution is -2.39. The molecule has 0 spiro atoms. The number of benzene rings is 1. The lowest BCUT2D eigenvalue weighted by molar-refractivity contribution is -0.142. The number of pyridine rings is 1. The average molecular weight is 585 g/mol. The lowest BCUT2D eigenvalue weighted by atomic mass is 10.2. The van der Waals surface area contributed by atoms with Crippen molar-refractivity contribution in [2.24, 2.45) is 5.92 Å². The molecule has 2 heterocycles. The smallest absolute Gasteiger partial charge is 0.328 e. The van der Waals surface area contributed by atoms with Crippen LogP contribution in [0.5, 0.6) is 16.7 Å². The molecule has 1 saturated carbocycles. The van der Waals surface area contributed by atoms with E-state index in [0.29, 0.717) is 34.2 Å². The number of carbonyl (C=O) groups excluding carboxylic acids is 3. The molecular weight excluding hydrogens is 556 g/mol. The SMILES string of the molecule is COC(=O)[C@@H](C)NC(=O)c1cc(C(=O)N[C@@H](C)/C=C/c2cnc(Oc3ccc(OCC4CC4)cc3Cl)s2)ccn1. The first-order chi connectivity index (χ1) is 19.2. The van der Waals surface area contributed by atoms with E-state index in [2.05, 4.69) is 25.3 Å². The topological polar surface area (TPSA) is 129 Å². The summed E-state index contributed by atoms with van der Waals surface area (Å²) in [4.78, 5) is 45.7. The first kappa shape index (κ1) is 29.0. The molecule has 10 nitrogen and oxygen atoms in total. The Labute approximate surface area is 240 Å². The second-order valence-electron chi connectivity index (χ2n) is 9.25. The van der Waals surface area contributed by atoms with Crippen LogP contribution in [0.15, 0.2) is 48.8 Å². The van der Waals surface area contributed by atoms with Gasteiger partial charge in [-0.2, -0.15) is 0 Å². The number of nitrogens with zero attached hydrogens (tertiary/aromatic N) is 2. The second kappa shape index (κ2) is 13.4. The molecule has 0 unspecified atom stereocenters. The van der Waals surface area contributed by atoms with E-state index in [1.54, 1.807) is 24.4 Å². The van der Waals surface area contributed by atoms with Crippen LogP contribution in [0.25, 0.3) is 6.08 Å². The maximum absolute atomic E-state index is 12.7. The van der Waals surface area contributed by atoms with Gasteiger partial charge in [-0.1, -0.05) is 29.0 Å². The molecule has 210 valence electrons. The highest BCUT2D eigenvalue weighted by molar-refractivity contribution is 7.14. The summed E-state index contributed by atoms with van der Waals surface area (Å²) < 4.78 is 16.2. The van der Waals surface area contributed by atoms with Crippen molar-refractivity contribution in [3.8, 4) is 16.7 Å². The number of thiazole rings is 1. The van der Waals surface area contributed by atoms with Gasteiger partial charge in [-0.25, -0.2) is 9.78 Å². The van der Waals surface area contributed by atoms with Crippen LogP contribution < -0.4 is 20.1 Å². The number of halogens is 1. The van der Waals surface area contributed by atoms with Crippen LogP contribution in [0.4, 0.5) is 0 Å². The van der Waals surface area contributed by atoms with E-state index in [1.807, 2.05) is 19.1 Å². The largest absolute Gasteiger partial charge is 0.493 e. The molecule has 0 saturated heterocycles. The van der Waals surface area contributed by atoms with Crippen LogP contribution in [0.2, 0.25) is 5.02 Å². The van der Waals surface area contributed by atoms with Gasteiger partial charge in [0.2, 0.25) is 0 Å². The van der Waals surface area contributed by atoms with Crippen LogP contribution in [0.3, 0.4) is 0 Å². The van der Waals surface area contributed by atoms with Gasteiger partial charge in [-0.3, -0.25) is 14.6 Å². The molecule has 2 aromatic heterocycles. The minimum Gasteiger partial charge on any atom is -0.493 e. The summed E-state index contributed by atoms with van der Waals surface area (Å²) in [6, 6.07) is 6.98. The van der Waals surface area contributed by atoms with E-state index in [4.69, 9.17) is 21.1 Å². The molecule has 0 radical (unpaired) electrons. The van der Waals surface area contributed by atoms with Crippen molar-refractivity contribution in [1.29, 1.82) is 0 Å². The summed E-state index contributed by atoms with van der Waals surface area (Å²) in [7, 11) is 1.23. The fourth-order valence-corrected chi connectivity index (χ4v) is 4.32. The molecule has 4 rings (SSSR count). The van der Waals surface area contributed by atoms with Crippen molar-refractivity contribution >= 4 is 46.8 Å². The normalized spacial score (nSPS) is 14.3. The predicted octanol–water partition coefficient (Wildman–Crippen LogP) is 4.90. The Morgan fingerprint density at radius 3 is 2.65 bits per heavy atom. The Bertz CT molecular complexity index is 1410. The minimum absolute atomic E-state index is 0.00400. The molecule has 3 aromatic rings. The van der Waals surface area contributed by atoms with Gasteiger partial charge in [0.25, 0.3) is 17.0 Å². The highest BCUT2D eigenvalue weighted by Gasteiger charge is 2.22. The molecule has 2 atom stereocenters. The molecule has 1 aliphatic rings. The number of rotatable bonds is 12. The van der Waals surface area contributed by atoms with Crippen molar-refractivity contribution < 1.29 is 28.6 Å². The number of nitrogens with one attached hydrogen (secondary N) is 2. The number of hydrogen-bond donors (Lipinski definition) is 2. The van der Waals surface area contributed by atoms with Gasteiger partial charge >= 0.3 is 5.97 Å². The molecule has 40 heavy (non-hydrogen) atoms. The van der Waals surface area contributed by atoms with Gasteiger partial charge in [-0.05, 0) is 62.9 Å². The molecule has 1 aromatic carbocycles. The standard InChI is InChI=1S/C28H29ClN4O6S/c1-16(32-25(34)19-10-11-30-23(12-19)26(35)33-17(2)27(36)37-3)4-8-21-14-31-28(40-21)39-24-9-7-20(13-22(24)29)38-15-18-5-6-18/h4,7-14,16-18H,5-6,15H2,1-3H3,(H,32,34)(H,33,35)/b8-4+/t16-,17+/m0/s1. The summed E-state index contributed by atoms with van der Waals surface area (Å²) >= 11 is 7.68. The summed E-state index contributed by atoms with van der Waals surface area (Å²) in [5.41, 5.74) is 0.254. The van der Waals surface area contributed by atoms with Gasteiger partial charge in [0, 0.05) is 30.1 Å². The number of aromatic nitrogens is 2. The Morgan fingerprint density at radius 2 is 1.93 bits per heavy atom. The molecule has 2 N–H and O–H groups in total. The summed E-state index contributed by atoms with van der Waals surface area (Å²) in [5.74, 6) is 0.275. The average Bonchev–Trinajstić information content (AvgIpc) is 3.68. The van der Waals surface area contributed by atoms with Crippen LogP contribution in [0, 0.1) is 5.92 Å². The molecule has 1 aliphatic carbocycles. The van der Waals surface area contributed by atoms with Gasteiger partial charge < -0.3 is 24.8 Å². The molecular formula is C28H29ClN4O6S. The summed E-state index contributed by atoms with van der Waals surface area (Å²) in [6.45, 7) is 4.01. The van der Waals surface area contributed by atoms with Crippen LogP contribution in [-0.2, 0) is 9.53 Å². The van der Waals surface area contributed by atoms with Gasteiger partial charge in [-0.15, -0.1) is 0 Å². The lowest BCUT2D eigenvalue weighted by Gasteiger charge is -2.12. The summed E-state index contributed by atoms with van der Waals surface area (Å²) in [6.07, 6.45) is 9.08. The number of esters is 1. The van der Waals surface area contributed by atoms with E-state index >= 15 is 0 Å². The maximum atomic E-state index is 12.7. The Balaban J connectivity index is 1.29. The minimum atomic E-state index is -0.853. The molecule has 1 fully saturated rings. The molecule has 12 heteroatoms. The second-order valence-corrected chi connectivity index (χ2v) is 10.7. The van der Waals surface area contributed by atoms with Crippen molar-refractivity contribution in [1.82, 2.24) is 20.6 Å². The van der Waals surface area contributed by atoms with Gasteiger partial charge in [0.1, 0.15) is 23.2 Å². The zero-order valence-electron chi connectivity index (χ0n) is 22.2. The number of methoxy groups -OCH3 is 1. The van der Waals surface area contributed by atoms with Crippen molar-refractivity contribution in [3.05, 3.63) is 70.0 Å². The van der Waals surface area contributed by atoms with Crippen molar-refractivity contribution in [2.45, 2.75) is 38.8 Å².